The first-order valence-electron chi connectivity index (χ1n) is 8.47. The lowest BCUT2D eigenvalue weighted by Crippen LogP contribution is -2.25. The number of benzene rings is 1. The molecule has 0 radical (unpaired) electrons. The minimum Gasteiger partial charge on any atom is -0.493 e. The van der Waals surface area contributed by atoms with Crippen LogP contribution in [0.15, 0.2) is 42.7 Å². The van der Waals surface area contributed by atoms with Gasteiger partial charge in [0.2, 0.25) is 5.13 Å². The number of hydrogen-bond donors (Lipinski definition) is 1. The second kappa shape index (κ2) is 8.57. The van der Waals surface area contributed by atoms with Crippen molar-refractivity contribution in [3.8, 4) is 5.75 Å². The third kappa shape index (κ3) is 4.66. The number of anilines is 1. The Kier molecular flexibility index (Phi) is 5.96. The fraction of sp³-hybridized carbons (Fsp3) is 0.333. The first kappa shape index (κ1) is 18.1. The molecule has 0 aliphatic carbocycles. The van der Waals surface area contributed by atoms with Crippen molar-refractivity contribution in [3.63, 3.8) is 0 Å². The van der Waals surface area contributed by atoms with Crippen molar-refractivity contribution in [1.82, 2.24) is 20.0 Å². The summed E-state index contributed by atoms with van der Waals surface area (Å²) in [5, 5.41) is 16.4. The van der Waals surface area contributed by atoms with Gasteiger partial charge in [-0.2, -0.15) is 5.10 Å². The van der Waals surface area contributed by atoms with Gasteiger partial charge in [0.05, 0.1) is 6.61 Å². The maximum absolute atomic E-state index is 12.4. The highest BCUT2D eigenvalue weighted by Gasteiger charge is 2.20. The summed E-state index contributed by atoms with van der Waals surface area (Å²) in [6, 6.07) is 9.35. The van der Waals surface area contributed by atoms with E-state index in [1.807, 2.05) is 38.1 Å². The molecule has 1 aromatic carbocycles. The summed E-state index contributed by atoms with van der Waals surface area (Å²) in [5.41, 5.74) is 1.16. The zero-order chi connectivity index (χ0) is 18.4. The summed E-state index contributed by atoms with van der Waals surface area (Å²) in [5.74, 6) is 0.697. The van der Waals surface area contributed by atoms with E-state index in [9.17, 15) is 4.79 Å². The quantitative estimate of drug-likeness (QED) is 0.657. The number of nitrogens with zero attached hydrogens (tertiary/aromatic N) is 4. The van der Waals surface area contributed by atoms with E-state index in [0.29, 0.717) is 24.6 Å². The zero-order valence-corrected chi connectivity index (χ0v) is 15.6. The van der Waals surface area contributed by atoms with Crippen LogP contribution >= 0.6 is 11.3 Å². The third-order valence-electron chi connectivity index (χ3n) is 3.80. The highest BCUT2D eigenvalue weighted by molar-refractivity contribution is 7.15. The summed E-state index contributed by atoms with van der Waals surface area (Å²) in [4.78, 5) is 12.4. The van der Waals surface area contributed by atoms with Crippen molar-refractivity contribution in [2.45, 2.75) is 32.7 Å². The Morgan fingerprint density at radius 3 is 2.96 bits per heavy atom. The predicted molar refractivity (Wildman–Crippen MR) is 100 cm³/mol. The molecular weight excluding hydrogens is 350 g/mol. The van der Waals surface area contributed by atoms with E-state index >= 15 is 0 Å². The fourth-order valence-electron chi connectivity index (χ4n) is 2.51. The van der Waals surface area contributed by atoms with Gasteiger partial charge in [-0.1, -0.05) is 30.4 Å². The predicted octanol–water partition coefficient (Wildman–Crippen LogP) is 3.25. The van der Waals surface area contributed by atoms with Gasteiger partial charge in [-0.15, -0.1) is 10.2 Å². The van der Waals surface area contributed by atoms with E-state index in [1.54, 1.807) is 23.1 Å². The zero-order valence-electron chi connectivity index (χ0n) is 14.8. The second-order valence-corrected chi connectivity index (χ2v) is 6.88. The molecule has 136 valence electrons. The molecule has 1 N–H and O–H groups in total. The Morgan fingerprint density at radius 2 is 2.23 bits per heavy atom. The molecular formula is C18H21N5O2S. The molecule has 0 fully saturated rings. The number of nitrogens with one attached hydrogen (secondary N) is 1. The Labute approximate surface area is 156 Å². The third-order valence-corrected chi connectivity index (χ3v) is 4.70. The lowest BCUT2D eigenvalue weighted by Gasteiger charge is -2.13. The van der Waals surface area contributed by atoms with Crippen LogP contribution in [0.5, 0.6) is 5.75 Å². The topological polar surface area (TPSA) is 81.9 Å². The first-order valence-corrected chi connectivity index (χ1v) is 9.29. The summed E-state index contributed by atoms with van der Waals surface area (Å²) in [7, 11) is 0. The van der Waals surface area contributed by atoms with Crippen LogP contribution in [0.2, 0.25) is 0 Å². The van der Waals surface area contributed by atoms with Crippen molar-refractivity contribution >= 4 is 22.4 Å². The average molecular weight is 371 g/mol. The van der Waals surface area contributed by atoms with Crippen LogP contribution < -0.4 is 10.1 Å². The highest BCUT2D eigenvalue weighted by Crippen LogP contribution is 2.19. The van der Waals surface area contributed by atoms with Gasteiger partial charge in [-0.3, -0.25) is 14.8 Å². The van der Waals surface area contributed by atoms with Crippen LogP contribution in [-0.2, 0) is 11.2 Å². The molecule has 0 bridgehead atoms. The Balaban J connectivity index is 1.52. The SMILES string of the molecule is CC[C@@H](C(=O)Nc1nnc(CCOc2cccc(C)c2)s1)n1cccn1. The summed E-state index contributed by atoms with van der Waals surface area (Å²) in [6.07, 6.45) is 4.72. The monoisotopic (exact) mass is 371 g/mol. The molecule has 26 heavy (non-hydrogen) atoms. The van der Waals surface area contributed by atoms with Crippen LogP contribution in [0, 0.1) is 6.92 Å². The molecule has 1 atom stereocenters. The summed E-state index contributed by atoms with van der Waals surface area (Å²) in [6.45, 7) is 4.48. The van der Waals surface area contributed by atoms with Crippen molar-refractivity contribution in [1.29, 1.82) is 0 Å². The fourth-order valence-corrected chi connectivity index (χ4v) is 3.24. The molecule has 0 unspecified atom stereocenters. The van der Waals surface area contributed by atoms with Gasteiger partial charge in [-0.25, -0.2) is 0 Å². The van der Waals surface area contributed by atoms with Gasteiger partial charge in [0.15, 0.2) is 0 Å². The van der Waals surface area contributed by atoms with E-state index in [1.165, 1.54) is 11.3 Å². The smallest absolute Gasteiger partial charge is 0.251 e. The maximum atomic E-state index is 12.4. The van der Waals surface area contributed by atoms with E-state index in [0.717, 1.165) is 16.3 Å². The molecule has 0 spiro atoms. The molecule has 2 heterocycles. The normalized spacial score (nSPS) is 11.9. The van der Waals surface area contributed by atoms with Crippen LogP contribution in [0.1, 0.15) is 30.0 Å². The van der Waals surface area contributed by atoms with Gasteiger partial charge in [0.25, 0.3) is 5.91 Å². The number of amides is 1. The van der Waals surface area contributed by atoms with Gasteiger partial charge in [0, 0.05) is 18.8 Å². The summed E-state index contributed by atoms with van der Waals surface area (Å²) >= 11 is 1.36. The highest BCUT2D eigenvalue weighted by atomic mass is 32.1. The Bertz CT molecular complexity index is 847. The molecule has 8 heteroatoms. The lowest BCUT2D eigenvalue weighted by atomic mass is 10.2. The number of carbonyl (C=O) groups is 1. The molecule has 3 aromatic rings. The van der Waals surface area contributed by atoms with Crippen molar-refractivity contribution in [2.75, 3.05) is 11.9 Å². The molecule has 1 amide bonds. The van der Waals surface area contributed by atoms with E-state index < -0.39 is 0 Å². The lowest BCUT2D eigenvalue weighted by molar-refractivity contribution is -0.119. The minimum absolute atomic E-state index is 0.144. The Morgan fingerprint density at radius 1 is 1.35 bits per heavy atom. The number of carbonyl (C=O) groups excluding carboxylic acids is 1. The number of rotatable bonds is 8. The van der Waals surface area contributed by atoms with E-state index in [-0.39, 0.29) is 11.9 Å². The molecule has 7 nitrogen and oxygen atoms in total. The number of ether oxygens (including phenoxy) is 1. The number of aromatic nitrogens is 4. The molecule has 3 rings (SSSR count). The number of aryl methyl sites for hydroxylation is 1. The van der Waals surface area contributed by atoms with Crippen molar-refractivity contribution in [2.24, 2.45) is 0 Å². The van der Waals surface area contributed by atoms with E-state index in [4.69, 9.17) is 4.74 Å². The second-order valence-electron chi connectivity index (χ2n) is 5.82. The van der Waals surface area contributed by atoms with Crippen LogP contribution in [-0.4, -0.2) is 32.5 Å². The average Bonchev–Trinajstić information content (AvgIpc) is 3.28. The van der Waals surface area contributed by atoms with Gasteiger partial charge < -0.3 is 4.74 Å². The molecule has 2 aromatic heterocycles. The van der Waals surface area contributed by atoms with Crippen LogP contribution in [0.4, 0.5) is 5.13 Å². The van der Waals surface area contributed by atoms with Crippen molar-refractivity contribution in [3.05, 3.63) is 53.3 Å². The standard InChI is InChI=1S/C18H21N5O2S/c1-3-15(23-10-5-9-19-23)17(24)20-18-22-21-16(26-18)8-11-25-14-7-4-6-13(2)12-14/h4-7,9-10,12,15H,3,8,11H2,1-2H3,(H,20,22,24)/t15-/m0/s1. The Hall–Kier alpha value is -2.74. The van der Waals surface area contributed by atoms with E-state index in [2.05, 4.69) is 20.6 Å². The number of hydrogen-bond acceptors (Lipinski definition) is 6. The molecule has 0 saturated carbocycles. The largest absolute Gasteiger partial charge is 0.493 e. The van der Waals surface area contributed by atoms with Crippen LogP contribution in [0.25, 0.3) is 0 Å². The molecule has 0 aliphatic rings. The van der Waals surface area contributed by atoms with Gasteiger partial charge in [-0.05, 0) is 37.1 Å². The molecule has 0 saturated heterocycles. The summed E-state index contributed by atoms with van der Waals surface area (Å²) < 4.78 is 7.37. The molecule has 0 aliphatic heterocycles. The van der Waals surface area contributed by atoms with Crippen LogP contribution in [0.3, 0.4) is 0 Å². The van der Waals surface area contributed by atoms with Crippen molar-refractivity contribution < 1.29 is 9.53 Å². The van der Waals surface area contributed by atoms with Gasteiger partial charge in [0.1, 0.15) is 16.8 Å². The minimum atomic E-state index is -0.359. The first-order chi connectivity index (χ1) is 12.7. The maximum Gasteiger partial charge on any atom is 0.251 e. The van der Waals surface area contributed by atoms with Gasteiger partial charge >= 0.3 is 0 Å².